The second-order valence-corrected chi connectivity index (χ2v) is 9.64. The lowest BCUT2D eigenvalue weighted by Crippen LogP contribution is -2.29. The zero-order chi connectivity index (χ0) is 21.1. The van der Waals surface area contributed by atoms with E-state index in [1.165, 1.54) is 55.6 Å². The van der Waals surface area contributed by atoms with Gasteiger partial charge in [0.2, 0.25) is 0 Å². The highest BCUT2D eigenvalue weighted by Crippen LogP contribution is 2.20. The molecule has 3 rings (SSSR count). The van der Waals surface area contributed by atoms with Gasteiger partial charge >= 0.3 is 0 Å². The molecule has 0 radical (unpaired) electrons. The molecule has 0 saturated carbocycles. The van der Waals surface area contributed by atoms with Crippen molar-refractivity contribution in [3.63, 3.8) is 0 Å². The minimum Gasteiger partial charge on any atom is -0.355 e. The van der Waals surface area contributed by atoms with Crippen LogP contribution in [0, 0.1) is 0 Å². The van der Waals surface area contributed by atoms with Gasteiger partial charge in [-0.25, -0.2) is 16.8 Å². The summed E-state index contributed by atoms with van der Waals surface area (Å²) in [5.41, 5.74) is 0.414. The van der Waals surface area contributed by atoms with Crippen molar-refractivity contribution in [2.45, 2.75) is 22.6 Å². The number of benzene rings is 2. The van der Waals surface area contributed by atoms with Gasteiger partial charge in [-0.1, -0.05) is 6.07 Å². The van der Waals surface area contributed by atoms with Crippen LogP contribution in [0.15, 0.2) is 63.3 Å². The maximum Gasteiger partial charge on any atom is 0.262 e. The first-order chi connectivity index (χ1) is 13.7. The van der Waals surface area contributed by atoms with Gasteiger partial charge in [-0.3, -0.25) is 19.2 Å². The third-order valence-corrected chi connectivity index (χ3v) is 6.95. The van der Waals surface area contributed by atoms with Crippen LogP contribution in [0.5, 0.6) is 0 Å². The summed E-state index contributed by atoms with van der Waals surface area (Å²) < 4.78 is 55.0. The van der Waals surface area contributed by atoms with E-state index >= 15 is 0 Å². The van der Waals surface area contributed by atoms with Gasteiger partial charge in [0, 0.05) is 25.6 Å². The molecule has 1 aliphatic heterocycles. The van der Waals surface area contributed by atoms with E-state index in [1.54, 1.807) is 0 Å². The summed E-state index contributed by atoms with van der Waals surface area (Å²) in [7, 11) is -6.36. The fourth-order valence-electron chi connectivity index (χ4n) is 2.71. The molecule has 1 aliphatic rings. The molecule has 0 unspecified atom stereocenters. The zero-order valence-corrected chi connectivity index (χ0v) is 17.2. The second-order valence-electron chi connectivity index (χ2n) is 6.27. The highest BCUT2D eigenvalue weighted by atomic mass is 32.2. The molecule has 0 fully saturated rings. The summed E-state index contributed by atoms with van der Waals surface area (Å²) in [6, 6.07) is 10.9. The van der Waals surface area contributed by atoms with Crippen molar-refractivity contribution in [3.8, 4) is 0 Å². The molecule has 9 nitrogen and oxygen atoms in total. The average Bonchev–Trinajstić information content (AvgIpc) is 3.19. The van der Waals surface area contributed by atoms with Gasteiger partial charge in [0.15, 0.2) is 0 Å². The molecule has 0 bridgehead atoms. The van der Waals surface area contributed by atoms with Crippen LogP contribution in [0.25, 0.3) is 0 Å². The summed E-state index contributed by atoms with van der Waals surface area (Å²) in [5, 5.41) is 2.45. The van der Waals surface area contributed by atoms with E-state index < -0.39 is 20.0 Å². The highest BCUT2D eigenvalue weighted by Gasteiger charge is 2.20. The van der Waals surface area contributed by atoms with Crippen LogP contribution in [0.2, 0.25) is 0 Å². The number of nitrogens with one attached hydrogen (secondary N) is 3. The lowest BCUT2D eigenvalue weighted by molar-refractivity contribution is 0.0963. The molecule has 2 aromatic carbocycles. The standard InChI is InChI=1S/C18H20N4O5S2/c1-19-18(23)13-7-9-15(10-8-13)28(24,25)21-14-4-2-5-16(12-14)29(26,27)22-17-6-3-11-20-17/h2,4-5,7-10,12,21H,3,6,11H2,1H3,(H,19,23)(H,20,22). The maximum atomic E-state index is 12.6. The Morgan fingerprint density at radius 2 is 1.62 bits per heavy atom. The van der Waals surface area contributed by atoms with Gasteiger partial charge in [0.05, 0.1) is 15.5 Å². The van der Waals surface area contributed by atoms with Gasteiger partial charge in [-0.05, 0) is 48.9 Å². The van der Waals surface area contributed by atoms with E-state index in [1.807, 2.05) is 0 Å². The van der Waals surface area contributed by atoms with Crippen molar-refractivity contribution in [2.24, 2.45) is 4.99 Å². The third kappa shape index (κ3) is 4.93. The zero-order valence-electron chi connectivity index (χ0n) is 15.5. The molecule has 0 atom stereocenters. The quantitative estimate of drug-likeness (QED) is 0.628. The normalized spacial score (nSPS) is 14.2. The number of nitrogens with zero attached hydrogens (tertiary/aromatic N) is 1. The number of rotatable bonds is 6. The largest absolute Gasteiger partial charge is 0.355 e. The summed E-state index contributed by atoms with van der Waals surface area (Å²) in [6.45, 7) is 0.580. The van der Waals surface area contributed by atoms with Crippen molar-refractivity contribution in [2.75, 3.05) is 18.3 Å². The number of hydrogen-bond acceptors (Lipinski definition) is 6. The minimum atomic E-state index is -3.97. The molecule has 0 saturated heterocycles. The Labute approximate surface area is 169 Å². The van der Waals surface area contributed by atoms with Crippen molar-refractivity contribution in [1.82, 2.24) is 10.0 Å². The van der Waals surface area contributed by atoms with Gasteiger partial charge in [-0.2, -0.15) is 0 Å². The van der Waals surface area contributed by atoms with Crippen LogP contribution in [-0.2, 0) is 20.0 Å². The monoisotopic (exact) mass is 436 g/mol. The molecular formula is C18H20N4O5S2. The number of amides is 1. The Balaban J connectivity index is 1.81. The van der Waals surface area contributed by atoms with Crippen LogP contribution in [-0.4, -0.2) is 42.2 Å². The number of anilines is 1. The molecule has 3 N–H and O–H groups in total. The van der Waals surface area contributed by atoms with E-state index in [4.69, 9.17) is 0 Å². The van der Waals surface area contributed by atoms with E-state index in [-0.39, 0.29) is 21.4 Å². The van der Waals surface area contributed by atoms with Gasteiger partial charge < -0.3 is 5.32 Å². The molecule has 2 aromatic rings. The van der Waals surface area contributed by atoms with E-state index in [0.717, 1.165) is 6.42 Å². The molecule has 0 aliphatic carbocycles. The van der Waals surface area contributed by atoms with E-state index in [2.05, 4.69) is 19.8 Å². The predicted octanol–water partition coefficient (Wildman–Crippen LogP) is 1.32. The molecule has 154 valence electrons. The van der Waals surface area contributed by atoms with Crippen LogP contribution in [0.3, 0.4) is 0 Å². The second kappa shape index (κ2) is 8.21. The summed E-state index contributed by atoms with van der Waals surface area (Å²) >= 11 is 0. The van der Waals surface area contributed by atoms with Gasteiger partial charge in [0.1, 0.15) is 5.84 Å². The number of amidine groups is 1. The number of aliphatic imine (C=N–C) groups is 1. The summed E-state index contributed by atoms with van der Waals surface area (Å²) in [5.74, 6) is 0.0615. The van der Waals surface area contributed by atoms with Crippen molar-refractivity contribution < 1.29 is 21.6 Å². The van der Waals surface area contributed by atoms with Crippen LogP contribution >= 0.6 is 0 Å². The first-order valence-electron chi connectivity index (χ1n) is 8.72. The van der Waals surface area contributed by atoms with Crippen LogP contribution in [0.4, 0.5) is 5.69 Å². The fraction of sp³-hybridized carbons (Fsp3) is 0.222. The topological polar surface area (TPSA) is 134 Å². The minimum absolute atomic E-state index is 0.0585. The summed E-state index contributed by atoms with van der Waals surface area (Å²) in [6.07, 6.45) is 1.34. The van der Waals surface area contributed by atoms with Crippen molar-refractivity contribution >= 4 is 37.5 Å². The molecule has 11 heteroatoms. The van der Waals surface area contributed by atoms with E-state index in [9.17, 15) is 21.6 Å². The Bertz CT molecular complexity index is 1160. The Morgan fingerprint density at radius 1 is 0.931 bits per heavy atom. The molecule has 0 spiro atoms. The smallest absolute Gasteiger partial charge is 0.262 e. The molecule has 1 heterocycles. The van der Waals surface area contributed by atoms with Crippen molar-refractivity contribution in [3.05, 3.63) is 54.1 Å². The lowest BCUT2D eigenvalue weighted by Gasteiger charge is -2.11. The predicted molar refractivity (Wildman–Crippen MR) is 109 cm³/mol. The molecule has 1 amide bonds. The molecular weight excluding hydrogens is 416 g/mol. The van der Waals surface area contributed by atoms with Crippen LogP contribution in [0.1, 0.15) is 23.2 Å². The number of hydrogen-bond donors (Lipinski definition) is 3. The molecule has 29 heavy (non-hydrogen) atoms. The van der Waals surface area contributed by atoms with Crippen LogP contribution < -0.4 is 14.8 Å². The number of carbonyl (C=O) groups excluding carboxylic acids is 1. The first-order valence-corrected chi connectivity index (χ1v) is 11.7. The Hall–Kier alpha value is -2.92. The third-order valence-electron chi connectivity index (χ3n) is 4.18. The van der Waals surface area contributed by atoms with E-state index in [0.29, 0.717) is 24.4 Å². The fourth-order valence-corrected chi connectivity index (χ4v) is 4.89. The maximum absolute atomic E-state index is 12.6. The molecule has 0 aromatic heterocycles. The summed E-state index contributed by atoms with van der Waals surface area (Å²) in [4.78, 5) is 15.5. The Morgan fingerprint density at radius 3 is 2.24 bits per heavy atom. The van der Waals surface area contributed by atoms with Gasteiger partial charge in [0.25, 0.3) is 26.0 Å². The number of sulfonamides is 2. The van der Waals surface area contributed by atoms with Crippen molar-refractivity contribution in [1.29, 1.82) is 0 Å². The highest BCUT2D eigenvalue weighted by molar-refractivity contribution is 7.92. The van der Waals surface area contributed by atoms with Gasteiger partial charge in [-0.15, -0.1) is 0 Å². The Kier molecular flexibility index (Phi) is 5.89. The lowest BCUT2D eigenvalue weighted by atomic mass is 10.2. The number of carbonyl (C=O) groups is 1. The average molecular weight is 437 g/mol. The first kappa shape index (κ1) is 20.8. The SMILES string of the molecule is CNC(=O)c1ccc(S(=O)(=O)Nc2cccc(S(=O)(=O)NC3=NCCC3)c2)cc1.